The number of carbonyl (C=O) groups is 1. The van der Waals surface area contributed by atoms with E-state index in [1.807, 2.05) is 0 Å². The predicted octanol–water partition coefficient (Wildman–Crippen LogP) is 5.81. The fourth-order valence-electron chi connectivity index (χ4n) is 3.52. The maximum Gasteiger partial charge on any atom is 0.426 e. The van der Waals surface area contributed by atoms with Crippen LogP contribution in [0, 0.1) is 34.7 Å². The topological polar surface area (TPSA) is 35.5 Å². The van der Waals surface area contributed by atoms with Gasteiger partial charge in [-0.2, -0.15) is 13.2 Å². The fraction of sp³-hybridized carbons (Fsp3) is 0.550. The highest BCUT2D eigenvalue weighted by Gasteiger charge is 2.62. The van der Waals surface area contributed by atoms with E-state index < -0.39 is 76.2 Å². The van der Waals surface area contributed by atoms with Gasteiger partial charge in [0.2, 0.25) is 0 Å². The van der Waals surface area contributed by atoms with E-state index in [2.05, 4.69) is 4.74 Å². The van der Waals surface area contributed by atoms with Crippen LogP contribution in [0.15, 0.2) is 11.1 Å². The molecule has 3 nitrogen and oxygen atoms in total. The summed E-state index contributed by atoms with van der Waals surface area (Å²) in [5.74, 6) is -6.50. The first-order valence-electron chi connectivity index (χ1n) is 9.06. The van der Waals surface area contributed by atoms with Crippen molar-refractivity contribution in [3.63, 3.8) is 0 Å². The number of rotatable bonds is 7. The third-order valence-electron chi connectivity index (χ3n) is 5.38. The van der Waals surface area contributed by atoms with Crippen LogP contribution in [0.2, 0.25) is 0 Å². The Morgan fingerprint density at radius 1 is 1.07 bits per heavy atom. The van der Waals surface area contributed by atoms with E-state index >= 15 is 0 Å². The average Bonchev–Trinajstić information content (AvgIpc) is 3.19. The first kappa shape index (κ1) is 24.5. The third-order valence-corrected chi connectivity index (χ3v) is 5.72. The second kappa shape index (κ2) is 8.78. The Labute approximate surface area is 175 Å². The van der Waals surface area contributed by atoms with Crippen LogP contribution in [-0.2, 0) is 33.9 Å². The monoisotopic (exact) mass is 458 g/mol. The molecular formula is C20H21ClF6O3. The van der Waals surface area contributed by atoms with Crippen LogP contribution in [0.4, 0.5) is 26.3 Å². The molecule has 0 aliphatic heterocycles. The van der Waals surface area contributed by atoms with Crippen LogP contribution in [0.1, 0.15) is 37.5 Å². The van der Waals surface area contributed by atoms with Gasteiger partial charge in [-0.05, 0) is 23.3 Å². The minimum Gasteiger partial charge on any atom is -0.460 e. The molecule has 0 heterocycles. The zero-order chi connectivity index (χ0) is 23.0. The molecule has 0 saturated heterocycles. The Kier molecular flexibility index (Phi) is 7.18. The first-order valence-corrected chi connectivity index (χ1v) is 9.43. The molecule has 1 aliphatic rings. The van der Waals surface area contributed by atoms with Gasteiger partial charge in [0, 0.05) is 12.7 Å². The van der Waals surface area contributed by atoms with Crippen molar-refractivity contribution in [2.45, 2.75) is 46.6 Å². The van der Waals surface area contributed by atoms with E-state index in [0.717, 1.165) is 6.08 Å². The molecule has 1 aliphatic carbocycles. The Morgan fingerprint density at radius 3 is 2.13 bits per heavy atom. The molecule has 0 N–H and O–H groups in total. The number of ether oxygens (including phenoxy) is 2. The lowest BCUT2D eigenvalue weighted by Gasteiger charge is -2.15. The molecule has 2 rings (SSSR count). The SMILES string of the molecule is CCc1c(F)c(COC)c(F)c(F)c1COC(=O)[C@H]1[C@@H](/C=C(\Cl)C(F)(F)F)C1(C)C. The van der Waals surface area contributed by atoms with E-state index in [1.165, 1.54) is 14.0 Å². The van der Waals surface area contributed by atoms with Crippen LogP contribution < -0.4 is 0 Å². The zero-order valence-electron chi connectivity index (χ0n) is 16.7. The summed E-state index contributed by atoms with van der Waals surface area (Å²) in [6.45, 7) is 3.38. The second-order valence-electron chi connectivity index (χ2n) is 7.61. The molecule has 1 aromatic rings. The van der Waals surface area contributed by atoms with Crippen molar-refractivity contribution in [1.29, 1.82) is 0 Å². The molecule has 0 radical (unpaired) electrons. The highest BCUT2D eigenvalue weighted by atomic mass is 35.5. The van der Waals surface area contributed by atoms with Crippen molar-refractivity contribution in [2.75, 3.05) is 7.11 Å². The lowest BCUT2D eigenvalue weighted by molar-refractivity contribution is -0.147. The molecule has 0 amide bonds. The summed E-state index contributed by atoms with van der Waals surface area (Å²) in [6, 6.07) is 0. The maximum absolute atomic E-state index is 14.5. The largest absolute Gasteiger partial charge is 0.460 e. The van der Waals surface area contributed by atoms with Gasteiger partial charge in [-0.15, -0.1) is 0 Å². The molecule has 168 valence electrons. The number of methoxy groups -OCH3 is 1. The van der Waals surface area contributed by atoms with Crippen molar-refractivity contribution in [3.05, 3.63) is 45.3 Å². The zero-order valence-corrected chi connectivity index (χ0v) is 17.5. The smallest absolute Gasteiger partial charge is 0.426 e. The first-order chi connectivity index (χ1) is 13.8. The van der Waals surface area contributed by atoms with E-state index in [1.54, 1.807) is 13.8 Å². The van der Waals surface area contributed by atoms with Crippen LogP contribution in [0.3, 0.4) is 0 Å². The van der Waals surface area contributed by atoms with Crippen LogP contribution >= 0.6 is 11.6 Å². The van der Waals surface area contributed by atoms with Gasteiger partial charge in [0.25, 0.3) is 0 Å². The van der Waals surface area contributed by atoms with E-state index in [0.29, 0.717) is 0 Å². The van der Waals surface area contributed by atoms with Gasteiger partial charge < -0.3 is 9.47 Å². The Hall–Kier alpha value is -1.74. The highest BCUT2D eigenvalue weighted by molar-refractivity contribution is 6.30. The minimum absolute atomic E-state index is 0.00585. The third kappa shape index (κ3) is 4.61. The quantitative estimate of drug-likeness (QED) is 0.294. The molecule has 1 fully saturated rings. The molecule has 2 atom stereocenters. The van der Waals surface area contributed by atoms with Crippen molar-refractivity contribution in [2.24, 2.45) is 17.3 Å². The molecule has 0 bridgehead atoms. The van der Waals surface area contributed by atoms with Gasteiger partial charge in [0.05, 0.1) is 18.1 Å². The normalized spacial score (nSPS) is 21.0. The Balaban J connectivity index is 2.23. The van der Waals surface area contributed by atoms with E-state index in [4.69, 9.17) is 16.3 Å². The number of alkyl halides is 3. The van der Waals surface area contributed by atoms with Crippen molar-refractivity contribution in [1.82, 2.24) is 0 Å². The molecule has 30 heavy (non-hydrogen) atoms. The van der Waals surface area contributed by atoms with Crippen molar-refractivity contribution >= 4 is 17.6 Å². The van der Waals surface area contributed by atoms with Crippen molar-refractivity contribution < 1.29 is 40.6 Å². The number of carbonyl (C=O) groups excluding carboxylic acids is 1. The Bertz CT molecular complexity index is 863. The van der Waals surface area contributed by atoms with Gasteiger partial charge in [-0.3, -0.25) is 4.79 Å². The number of halogens is 7. The summed E-state index contributed by atoms with van der Waals surface area (Å²) in [7, 11) is 1.20. The molecule has 1 aromatic carbocycles. The van der Waals surface area contributed by atoms with Gasteiger partial charge in [0.1, 0.15) is 17.5 Å². The average molecular weight is 459 g/mol. The van der Waals surface area contributed by atoms with Gasteiger partial charge in [0.15, 0.2) is 11.6 Å². The second-order valence-corrected chi connectivity index (χ2v) is 8.02. The summed E-state index contributed by atoms with van der Waals surface area (Å²) in [5, 5.41) is -1.35. The van der Waals surface area contributed by atoms with Gasteiger partial charge >= 0.3 is 12.1 Å². The van der Waals surface area contributed by atoms with E-state index in [-0.39, 0.29) is 12.0 Å². The molecule has 1 saturated carbocycles. The lowest BCUT2D eigenvalue weighted by atomic mass is 10.00. The number of hydrogen-bond acceptors (Lipinski definition) is 3. The predicted molar refractivity (Wildman–Crippen MR) is 97.0 cm³/mol. The van der Waals surface area contributed by atoms with Crippen LogP contribution in [0.25, 0.3) is 0 Å². The number of hydrogen-bond donors (Lipinski definition) is 0. The summed E-state index contributed by atoms with van der Waals surface area (Å²) >= 11 is 5.24. The molecular weight excluding hydrogens is 438 g/mol. The maximum atomic E-state index is 14.5. The summed E-state index contributed by atoms with van der Waals surface area (Å²) in [6.07, 6.45) is -4.01. The summed E-state index contributed by atoms with van der Waals surface area (Å²) < 4.78 is 90.8. The number of allylic oxidation sites excluding steroid dienone is 2. The summed E-state index contributed by atoms with van der Waals surface area (Å²) in [5.41, 5.74) is -2.06. The molecule has 0 spiro atoms. The lowest BCUT2D eigenvalue weighted by Crippen LogP contribution is -2.15. The van der Waals surface area contributed by atoms with Gasteiger partial charge in [-0.1, -0.05) is 38.4 Å². The Morgan fingerprint density at radius 2 is 1.63 bits per heavy atom. The molecule has 0 aromatic heterocycles. The fourth-order valence-corrected chi connectivity index (χ4v) is 3.66. The van der Waals surface area contributed by atoms with Gasteiger partial charge in [-0.25, -0.2) is 13.2 Å². The van der Waals surface area contributed by atoms with E-state index in [9.17, 15) is 31.1 Å². The highest BCUT2D eigenvalue weighted by Crippen LogP contribution is 2.60. The minimum atomic E-state index is -4.74. The standard InChI is InChI=1S/C20H21ClF6O3/c1-5-9-10(16(23)17(24)11(7-29-4)15(9)22)8-30-18(28)14-12(19(14,2)3)6-13(21)20(25,26)27/h6,12,14H,5,7-8H2,1-4H3/b13-6-/t12-,14-/m1/s1. The van der Waals surface area contributed by atoms with Crippen molar-refractivity contribution in [3.8, 4) is 0 Å². The molecule has 0 unspecified atom stereocenters. The number of benzene rings is 1. The van der Waals surface area contributed by atoms with Crippen LogP contribution in [0.5, 0.6) is 0 Å². The number of esters is 1. The summed E-state index contributed by atoms with van der Waals surface area (Å²) in [4.78, 5) is 12.4. The molecule has 10 heteroatoms. The van der Waals surface area contributed by atoms with Crippen LogP contribution in [-0.4, -0.2) is 19.3 Å².